The number of thiophene rings is 1. The summed E-state index contributed by atoms with van der Waals surface area (Å²) in [7, 11) is 0. The van der Waals surface area contributed by atoms with E-state index < -0.39 is 4.92 Å². The number of rotatable bonds is 4. The number of carbonyl (C=O) groups is 1. The van der Waals surface area contributed by atoms with Crippen molar-refractivity contribution in [3.05, 3.63) is 85.8 Å². The first-order valence-corrected chi connectivity index (χ1v) is 9.74. The van der Waals surface area contributed by atoms with E-state index in [4.69, 9.17) is 5.73 Å². The van der Waals surface area contributed by atoms with E-state index in [0.29, 0.717) is 41.3 Å². The third-order valence-corrected chi connectivity index (χ3v) is 6.05. The highest BCUT2D eigenvalue weighted by Crippen LogP contribution is 2.38. The van der Waals surface area contributed by atoms with E-state index in [1.54, 1.807) is 36.4 Å². The van der Waals surface area contributed by atoms with Gasteiger partial charge in [-0.1, -0.05) is 30.3 Å². The average molecular weight is 404 g/mol. The van der Waals surface area contributed by atoms with Crippen LogP contribution in [0.4, 0.5) is 16.4 Å². The van der Waals surface area contributed by atoms with Crippen LogP contribution in [-0.2, 0) is 13.0 Å². The summed E-state index contributed by atoms with van der Waals surface area (Å²) in [5, 5.41) is 21.5. The van der Waals surface area contributed by atoms with Gasteiger partial charge in [-0.3, -0.25) is 14.9 Å². The summed E-state index contributed by atoms with van der Waals surface area (Å²) in [6, 6.07) is 15.4. The van der Waals surface area contributed by atoms with Crippen molar-refractivity contribution < 1.29 is 9.72 Å². The minimum absolute atomic E-state index is 0.111. The Morgan fingerprint density at radius 1 is 1.21 bits per heavy atom. The maximum absolute atomic E-state index is 12.7. The molecule has 0 saturated carbocycles. The second-order valence-corrected chi connectivity index (χ2v) is 7.82. The van der Waals surface area contributed by atoms with Crippen LogP contribution in [0.25, 0.3) is 0 Å². The molecule has 1 aliphatic heterocycles. The van der Waals surface area contributed by atoms with Crippen molar-refractivity contribution in [3.8, 4) is 6.07 Å². The van der Waals surface area contributed by atoms with Gasteiger partial charge in [-0.2, -0.15) is 5.26 Å². The van der Waals surface area contributed by atoms with Gasteiger partial charge in [-0.15, -0.1) is 11.3 Å². The van der Waals surface area contributed by atoms with Crippen molar-refractivity contribution >= 4 is 33.5 Å². The predicted molar refractivity (Wildman–Crippen MR) is 111 cm³/mol. The van der Waals surface area contributed by atoms with Crippen LogP contribution in [0.15, 0.2) is 48.5 Å². The highest BCUT2D eigenvalue weighted by molar-refractivity contribution is 7.16. The van der Waals surface area contributed by atoms with Gasteiger partial charge in [0.2, 0.25) is 0 Å². The van der Waals surface area contributed by atoms with Crippen molar-refractivity contribution in [1.29, 1.82) is 5.26 Å². The van der Waals surface area contributed by atoms with Crippen LogP contribution in [0.5, 0.6) is 0 Å². The van der Waals surface area contributed by atoms with E-state index in [-0.39, 0.29) is 17.0 Å². The van der Waals surface area contributed by atoms with Gasteiger partial charge < -0.3 is 10.6 Å². The quantitative estimate of drug-likeness (QED) is 0.401. The lowest BCUT2D eigenvalue weighted by molar-refractivity contribution is -0.384. The number of carbonyl (C=O) groups excluding carboxylic acids is 1. The smallest absolute Gasteiger partial charge is 0.293 e. The average Bonchev–Trinajstić information content (AvgIpc) is 3.07. The molecular weight excluding hydrogens is 388 g/mol. The van der Waals surface area contributed by atoms with Crippen LogP contribution in [-0.4, -0.2) is 17.3 Å². The Morgan fingerprint density at radius 3 is 2.66 bits per heavy atom. The Morgan fingerprint density at radius 2 is 1.97 bits per heavy atom. The number of fused-ring (bicyclic) bond motifs is 1. The van der Waals surface area contributed by atoms with E-state index in [1.807, 2.05) is 11.0 Å². The molecule has 29 heavy (non-hydrogen) atoms. The van der Waals surface area contributed by atoms with Crippen molar-refractivity contribution in [3.63, 3.8) is 0 Å². The van der Waals surface area contributed by atoms with Gasteiger partial charge in [0.25, 0.3) is 5.69 Å². The van der Waals surface area contributed by atoms with Crippen LogP contribution < -0.4 is 10.6 Å². The van der Waals surface area contributed by atoms with Crippen molar-refractivity contribution in [2.45, 2.75) is 13.0 Å². The summed E-state index contributed by atoms with van der Waals surface area (Å²) in [5.74, 6) is -0.258. The van der Waals surface area contributed by atoms with Gasteiger partial charge in [-0.05, 0) is 24.1 Å². The Balaban J connectivity index is 1.69. The second-order valence-electron chi connectivity index (χ2n) is 6.68. The monoisotopic (exact) mass is 404 g/mol. The topological polar surface area (TPSA) is 113 Å². The molecule has 0 unspecified atom stereocenters. The summed E-state index contributed by atoms with van der Waals surface area (Å²) in [5.41, 5.74) is 8.49. The largest absolute Gasteiger partial charge is 0.389 e. The zero-order valence-electron chi connectivity index (χ0n) is 15.3. The van der Waals surface area contributed by atoms with E-state index in [0.717, 1.165) is 10.4 Å². The number of hydrogen-bond donors (Lipinski definition) is 1. The Hall–Kier alpha value is -3.70. The standard InChI is InChI=1S/C21H16N4O3S/c22-11-16-15-8-9-24(12-19(15)29-21(16)23)17-7-6-14(10-18(17)25(27)28)20(26)13-4-2-1-3-5-13/h1-7,10H,8-9,12,23H2. The molecule has 2 heterocycles. The Bertz CT molecular complexity index is 1160. The fourth-order valence-corrected chi connectivity index (χ4v) is 4.67. The minimum Gasteiger partial charge on any atom is -0.389 e. The third kappa shape index (κ3) is 3.32. The first-order chi connectivity index (χ1) is 14.0. The first kappa shape index (κ1) is 18.7. The van der Waals surface area contributed by atoms with Gasteiger partial charge in [0.15, 0.2) is 5.78 Å². The summed E-state index contributed by atoms with van der Waals surface area (Å²) in [4.78, 5) is 26.8. The maximum atomic E-state index is 12.7. The molecular formula is C21H16N4O3S. The first-order valence-electron chi connectivity index (χ1n) is 8.93. The number of nitrogens with two attached hydrogens (primary N) is 1. The number of ketones is 1. The van der Waals surface area contributed by atoms with Gasteiger partial charge in [0.1, 0.15) is 16.8 Å². The number of nitrogen functional groups attached to an aromatic ring is 1. The summed E-state index contributed by atoms with van der Waals surface area (Å²) >= 11 is 1.35. The molecule has 0 amide bonds. The molecule has 0 bridgehead atoms. The van der Waals surface area contributed by atoms with Crippen molar-refractivity contribution in [2.24, 2.45) is 0 Å². The zero-order valence-corrected chi connectivity index (χ0v) is 16.1. The number of nitro groups is 1. The molecule has 0 aliphatic carbocycles. The van der Waals surface area contributed by atoms with Crippen LogP contribution in [0, 0.1) is 21.4 Å². The van der Waals surface area contributed by atoms with Gasteiger partial charge in [0.05, 0.1) is 17.0 Å². The molecule has 3 aromatic rings. The van der Waals surface area contributed by atoms with Crippen LogP contribution >= 0.6 is 11.3 Å². The molecule has 2 aromatic carbocycles. The van der Waals surface area contributed by atoms with E-state index in [9.17, 15) is 20.2 Å². The lowest BCUT2D eigenvalue weighted by Crippen LogP contribution is -2.30. The van der Waals surface area contributed by atoms with Crippen molar-refractivity contribution in [2.75, 3.05) is 17.2 Å². The van der Waals surface area contributed by atoms with Crippen molar-refractivity contribution in [1.82, 2.24) is 0 Å². The molecule has 0 spiro atoms. The maximum Gasteiger partial charge on any atom is 0.293 e. The molecule has 0 atom stereocenters. The summed E-state index contributed by atoms with van der Waals surface area (Å²) < 4.78 is 0. The number of anilines is 2. The lowest BCUT2D eigenvalue weighted by atomic mass is 10.0. The molecule has 7 nitrogen and oxygen atoms in total. The SMILES string of the molecule is N#Cc1c(N)sc2c1CCN(c1ccc(C(=O)c3ccccc3)cc1[N+](=O)[O-])C2. The highest BCUT2D eigenvalue weighted by Gasteiger charge is 2.28. The fourth-order valence-electron chi connectivity index (χ4n) is 3.59. The number of nitro benzene ring substituents is 1. The van der Waals surface area contributed by atoms with Crippen LogP contribution in [0.3, 0.4) is 0 Å². The Kier molecular flexibility index (Phi) is 4.74. The fraction of sp³-hybridized carbons (Fsp3) is 0.143. The van der Waals surface area contributed by atoms with E-state index in [2.05, 4.69) is 6.07 Å². The molecule has 0 radical (unpaired) electrons. The number of nitrogens with zero attached hydrogens (tertiary/aromatic N) is 3. The zero-order chi connectivity index (χ0) is 20.5. The van der Waals surface area contributed by atoms with Gasteiger partial charge >= 0.3 is 0 Å². The lowest BCUT2D eigenvalue weighted by Gasteiger charge is -2.28. The number of nitriles is 1. The summed E-state index contributed by atoms with van der Waals surface area (Å²) in [6.45, 7) is 0.976. The second kappa shape index (κ2) is 7.37. The van der Waals surface area contributed by atoms with Gasteiger partial charge in [-0.25, -0.2) is 0 Å². The molecule has 0 saturated heterocycles. The number of hydrogen-bond acceptors (Lipinski definition) is 7. The number of benzene rings is 2. The third-order valence-electron chi connectivity index (χ3n) is 5.01. The van der Waals surface area contributed by atoms with E-state index in [1.165, 1.54) is 17.4 Å². The molecule has 4 rings (SSSR count). The van der Waals surface area contributed by atoms with Crippen LogP contribution in [0.2, 0.25) is 0 Å². The molecule has 1 aromatic heterocycles. The highest BCUT2D eigenvalue weighted by atomic mass is 32.1. The molecule has 144 valence electrons. The molecule has 8 heteroatoms. The Labute approximate surface area is 170 Å². The minimum atomic E-state index is -0.462. The van der Waals surface area contributed by atoms with E-state index >= 15 is 0 Å². The molecule has 0 fully saturated rings. The van der Waals surface area contributed by atoms with Crippen LogP contribution in [0.1, 0.15) is 31.9 Å². The summed E-state index contributed by atoms with van der Waals surface area (Å²) in [6.07, 6.45) is 0.591. The molecule has 2 N–H and O–H groups in total. The predicted octanol–water partition coefficient (Wildman–Crippen LogP) is 3.90. The normalized spacial score (nSPS) is 12.9. The molecule has 1 aliphatic rings. The van der Waals surface area contributed by atoms with Gasteiger partial charge in [0, 0.05) is 28.6 Å².